The number of methoxy groups -OCH3 is 1. The molecule has 0 aromatic carbocycles. The van der Waals surface area contributed by atoms with E-state index >= 15 is 0 Å². The van der Waals surface area contributed by atoms with Crippen molar-refractivity contribution in [3.63, 3.8) is 0 Å². The normalized spacial score (nSPS) is 13.4. The molecule has 0 spiro atoms. The number of anilines is 1. The molecule has 0 fully saturated rings. The van der Waals surface area contributed by atoms with Gasteiger partial charge >= 0.3 is 0 Å². The van der Waals surface area contributed by atoms with Crippen LogP contribution in [0, 0.1) is 6.92 Å². The molecule has 1 aliphatic rings. The Morgan fingerprint density at radius 2 is 2.10 bits per heavy atom. The Hall–Kier alpha value is -1.76. The van der Waals surface area contributed by atoms with Gasteiger partial charge in [-0.25, -0.2) is 14.6 Å². The van der Waals surface area contributed by atoms with Crippen LogP contribution in [0.2, 0.25) is 0 Å². The minimum atomic E-state index is 0.679. The number of thioether (sulfide) groups is 1. The molecule has 0 unspecified atom stereocenters. The summed E-state index contributed by atoms with van der Waals surface area (Å²) in [6.45, 7) is 1.95. The van der Waals surface area contributed by atoms with Gasteiger partial charge in [-0.1, -0.05) is 0 Å². The maximum absolute atomic E-state index is 5.44. The van der Waals surface area contributed by atoms with Crippen molar-refractivity contribution < 1.29 is 4.74 Å². The lowest BCUT2D eigenvalue weighted by Crippen LogP contribution is -2.04. The van der Waals surface area contributed by atoms with Gasteiger partial charge in [-0.15, -0.1) is 0 Å². The summed E-state index contributed by atoms with van der Waals surface area (Å²) in [5.74, 6) is 4.17. The molecule has 1 aliphatic heterocycles. The summed E-state index contributed by atoms with van der Waals surface area (Å²) >= 11 is 1.86. The Morgan fingerprint density at radius 1 is 1.30 bits per heavy atom. The Bertz CT molecular complexity index is 667. The molecule has 1 N–H and O–H groups in total. The van der Waals surface area contributed by atoms with Gasteiger partial charge in [-0.2, -0.15) is 16.9 Å². The fourth-order valence-corrected chi connectivity index (χ4v) is 3.54. The van der Waals surface area contributed by atoms with Crippen molar-refractivity contribution in [3.8, 4) is 17.3 Å². The van der Waals surface area contributed by atoms with E-state index in [0.717, 1.165) is 34.3 Å². The summed E-state index contributed by atoms with van der Waals surface area (Å²) in [5.41, 5.74) is 4.06. The van der Waals surface area contributed by atoms with Crippen LogP contribution >= 0.6 is 11.8 Å². The third-order valence-electron chi connectivity index (χ3n) is 3.40. The summed E-state index contributed by atoms with van der Waals surface area (Å²) in [4.78, 5) is 9.36. The van der Waals surface area contributed by atoms with Crippen molar-refractivity contribution in [1.29, 1.82) is 0 Å². The molecule has 3 heterocycles. The van der Waals surface area contributed by atoms with Gasteiger partial charge in [-0.3, -0.25) is 0 Å². The minimum absolute atomic E-state index is 0.679. The zero-order valence-electron chi connectivity index (χ0n) is 12.0. The fourth-order valence-electron chi connectivity index (χ4n) is 2.50. The van der Waals surface area contributed by atoms with Crippen LogP contribution in [0.4, 0.5) is 5.82 Å². The Kier molecular flexibility index (Phi) is 3.29. The highest BCUT2D eigenvalue weighted by molar-refractivity contribution is 7.98. The zero-order chi connectivity index (χ0) is 14.3. The van der Waals surface area contributed by atoms with Crippen molar-refractivity contribution >= 4 is 17.6 Å². The standard InChI is InChI=1S/C13H17N5OS/c1-7-10(13(19-4)18(3)17-7)12-15-9-6-20-5-8(9)11(14-2)16-12/h5-6H2,1-4H3,(H,14,15,16). The lowest BCUT2D eigenvalue weighted by Gasteiger charge is -2.10. The van der Waals surface area contributed by atoms with Gasteiger partial charge in [0, 0.05) is 31.2 Å². The van der Waals surface area contributed by atoms with Crippen LogP contribution in [-0.2, 0) is 18.6 Å². The number of aromatic nitrogens is 4. The van der Waals surface area contributed by atoms with E-state index < -0.39 is 0 Å². The van der Waals surface area contributed by atoms with E-state index in [1.807, 2.05) is 32.8 Å². The van der Waals surface area contributed by atoms with Gasteiger partial charge in [0.15, 0.2) is 5.82 Å². The molecular weight excluding hydrogens is 274 g/mol. The van der Waals surface area contributed by atoms with Crippen LogP contribution in [0.5, 0.6) is 5.88 Å². The van der Waals surface area contributed by atoms with Gasteiger partial charge in [0.1, 0.15) is 11.4 Å². The molecule has 2 aromatic heterocycles. The van der Waals surface area contributed by atoms with Gasteiger partial charge in [0.05, 0.1) is 18.5 Å². The topological polar surface area (TPSA) is 64.9 Å². The van der Waals surface area contributed by atoms with Crippen molar-refractivity contribution in [3.05, 3.63) is 17.0 Å². The van der Waals surface area contributed by atoms with E-state index in [0.29, 0.717) is 11.7 Å². The predicted molar refractivity (Wildman–Crippen MR) is 80.1 cm³/mol. The van der Waals surface area contributed by atoms with Gasteiger partial charge < -0.3 is 10.1 Å². The maximum Gasteiger partial charge on any atom is 0.222 e. The van der Waals surface area contributed by atoms with Crippen LogP contribution in [0.3, 0.4) is 0 Å². The second kappa shape index (κ2) is 4.97. The summed E-state index contributed by atoms with van der Waals surface area (Å²) < 4.78 is 7.16. The first-order valence-corrected chi connectivity index (χ1v) is 7.54. The second-order valence-electron chi connectivity index (χ2n) is 4.66. The van der Waals surface area contributed by atoms with Crippen LogP contribution in [0.15, 0.2) is 0 Å². The van der Waals surface area contributed by atoms with E-state index in [2.05, 4.69) is 15.4 Å². The summed E-state index contributed by atoms with van der Waals surface area (Å²) in [5, 5.41) is 7.56. The highest BCUT2D eigenvalue weighted by Gasteiger charge is 2.24. The number of hydrogen-bond acceptors (Lipinski definition) is 6. The molecule has 6 nitrogen and oxygen atoms in total. The van der Waals surface area contributed by atoms with Crippen LogP contribution in [0.25, 0.3) is 11.4 Å². The molecule has 0 saturated carbocycles. The summed E-state index contributed by atoms with van der Waals surface area (Å²) in [6.07, 6.45) is 0. The Labute approximate surface area is 122 Å². The lowest BCUT2D eigenvalue weighted by atomic mass is 10.2. The molecule has 0 saturated heterocycles. The van der Waals surface area contributed by atoms with Crippen molar-refractivity contribution in [1.82, 2.24) is 19.7 Å². The highest BCUT2D eigenvalue weighted by Crippen LogP contribution is 2.37. The Balaban J connectivity index is 2.21. The van der Waals surface area contributed by atoms with Gasteiger partial charge in [0.25, 0.3) is 0 Å². The fraction of sp³-hybridized carbons (Fsp3) is 0.462. The number of fused-ring (bicyclic) bond motifs is 1. The first kappa shape index (κ1) is 13.2. The summed E-state index contributed by atoms with van der Waals surface area (Å²) in [6, 6.07) is 0. The van der Waals surface area contributed by atoms with E-state index in [1.54, 1.807) is 11.8 Å². The average molecular weight is 291 g/mol. The van der Waals surface area contributed by atoms with E-state index in [-0.39, 0.29) is 0 Å². The lowest BCUT2D eigenvalue weighted by molar-refractivity contribution is 0.374. The predicted octanol–water partition coefficient (Wildman–Crippen LogP) is 1.98. The van der Waals surface area contributed by atoms with Crippen LogP contribution < -0.4 is 10.1 Å². The third-order valence-corrected chi connectivity index (χ3v) is 4.37. The van der Waals surface area contributed by atoms with Crippen molar-refractivity contribution in [2.45, 2.75) is 18.4 Å². The molecule has 2 aromatic rings. The third kappa shape index (κ3) is 1.93. The zero-order valence-corrected chi connectivity index (χ0v) is 12.8. The second-order valence-corrected chi connectivity index (χ2v) is 5.64. The molecule has 20 heavy (non-hydrogen) atoms. The number of hydrogen-bond donors (Lipinski definition) is 1. The number of nitrogens with zero attached hydrogens (tertiary/aromatic N) is 4. The highest BCUT2D eigenvalue weighted by atomic mass is 32.2. The van der Waals surface area contributed by atoms with Crippen molar-refractivity contribution in [2.24, 2.45) is 7.05 Å². The van der Waals surface area contributed by atoms with E-state index in [9.17, 15) is 0 Å². The minimum Gasteiger partial charge on any atom is -0.481 e. The molecule has 106 valence electrons. The van der Waals surface area contributed by atoms with E-state index in [4.69, 9.17) is 9.72 Å². The first-order chi connectivity index (χ1) is 9.65. The number of rotatable bonds is 3. The van der Waals surface area contributed by atoms with Gasteiger partial charge in [0.2, 0.25) is 5.88 Å². The number of aryl methyl sites for hydroxylation is 2. The maximum atomic E-state index is 5.44. The Morgan fingerprint density at radius 3 is 2.80 bits per heavy atom. The largest absolute Gasteiger partial charge is 0.481 e. The molecule has 0 atom stereocenters. The molecule has 0 bridgehead atoms. The molecule has 0 radical (unpaired) electrons. The average Bonchev–Trinajstić information content (AvgIpc) is 3.00. The number of nitrogens with one attached hydrogen (secondary N) is 1. The quantitative estimate of drug-likeness (QED) is 0.933. The van der Waals surface area contributed by atoms with Gasteiger partial charge in [-0.05, 0) is 6.92 Å². The SMILES string of the molecule is CNc1nc(-c2c(C)nn(C)c2OC)nc2c1CSC2. The van der Waals surface area contributed by atoms with E-state index in [1.165, 1.54) is 5.56 Å². The number of ether oxygens (including phenoxy) is 1. The monoisotopic (exact) mass is 291 g/mol. The van der Waals surface area contributed by atoms with Crippen molar-refractivity contribution in [2.75, 3.05) is 19.5 Å². The molecule has 7 heteroatoms. The van der Waals surface area contributed by atoms with Crippen LogP contribution in [0.1, 0.15) is 17.0 Å². The molecule has 0 aliphatic carbocycles. The smallest absolute Gasteiger partial charge is 0.222 e. The first-order valence-electron chi connectivity index (χ1n) is 6.39. The van der Waals surface area contributed by atoms with Crippen LogP contribution in [-0.4, -0.2) is 33.9 Å². The molecule has 0 amide bonds. The summed E-state index contributed by atoms with van der Waals surface area (Å²) in [7, 11) is 5.39. The molecule has 3 rings (SSSR count). The molecular formula is C13H17N5OS.